The predicted octanol–water partition coefficient (Wildman–Crippen LogP) is 3.25. The van der Waals surface area contributed by atoms with Crippen LogP contribution in [-0.2, 0) is 24.2 Å². The molecule has 2 aliphatic heterocycles. The average molecular weight is 445 g/mol. The molecule has 1 aromatic heterocycles. The van der Waals surface area contributed by atoms with Crippen LogP contribution in [0.1, 0.15) is 46.9 Å². The van der Waals surface area contributed by atoms with Gasteiger partial charge in [-0.05, 0) is 61.8 Å². The number of hydrogen-bond acceptors (Lipinski definition) is 3. The zero-order valence-electron chi connectivity index (χ0n) is 16.3. The van der Waals surface area contributed by atoms with Crippen molar-refractivity contribution in [2.75, 3.05) is 18.0 Å². The van der Waals surface area contributed by atoms with Gasteiger partial charge in [-0.3, -0.25) is 14.3 Å². The van der Waals surface area contributed by atoms with Gasteiger partial charge in [0.25, 0.3) is 5.91 Å². The second kappa shape index (κ2) is 7.70. The van der Waals surface area contributed by atoms with E-state index < -0.39 is 0 Å². The number of rotatable bonds is 3. The number of anilines is 1. The van der Waals surface area contributed by atoms with Crippen LogP contribution in [0.2, 0.25) is 0 Å². The highest BCUT2D eigenvalue weighted by Crippen LogP contribution is 2.35. The van der Waals surface area contributed by atoms with Crippen LogP contribution in [0.4, 0.5) is 5.69 Å². The van der Waals surface area contributed by atoms with Gasteiger partial charge < -0.3 is 10.2 Å². The highest BCUT2D eigenvalue weighted by Gasteiger charge is 2.31. The molecule has 148 valence electrons. The van der Waals surface area contributed by atoms with Crippen molar-refractivity contribution < 1.29 is 9.59 Å². The standard InChI is InChI=1S/C21H25BrN4O2/c1-13-8-17(22)10-16-4-3-6-25(20(13)16)21(28)18-12-24-26-7-5-15(9-19(18)26)11-23-14(2)27/h8,10,12,15H,3-7,9,11H2,1-2H3,(H,23,27). The summed E-state index contributed by atoms with van der Waals surface area (Å²) in [7, 11) is 0. The Labute approximate surface area is 173 Å². The minimum Gasteiger partial charge on any atom is -0.356 e. The summed E-state index contributed by atoms with van der Waals surface area (Å²) in [4.78, 5) is 26.7. The summed E-state index contributed by atoms with van der Waals surface area (Å²) >= 11 is 3.57. The molecule has 3 heterocycles. The highest BCUT2D eigenvalue weighted by molar-refractivity contribution is 9.10. The molecule has 0 fully saturated rings. The minimum absolute atomic E-state index is 0.0121. The number of carbonyl (C=O) groups is 2. The molecule has 1 unspecified atom stereocenters. The smallest absolute Gasteiger partial charge is 0.261 e. The molecule has 4 rings (SSSR count). The first-order valence-electron chi connectivity index (χ1n) is 9.84. The highest BCUT2D eigenvalue weighted by atomic mass is 79.9. The van der Waals surface area contributed by atoms with Crippen molar-refractivity contribution in [3.63, 3.8) is 0 Å². The van der Waals surface area contributed by atoms with E-state index in [1.165, 1.54) is 12.5 Å². The topological polar surface area (TPSA) is 67.2 Å². The molecular formula is C21H25BrN4O2. The monoisotopic (exact) mass is 444 g/mol. The maximum absolute atomic E-state index is 13.5. The SMILES string of the molecule is CC(=O)NCC1CCn2ncc(C(=O)N3CCCc4cc(Br)cc(C)c43)c2C1. The van der Waals surface area contributed by atoms with Gasteiger partial charge in [0.2, 0.25) is 5.91 Å². The van der Waals surface area contributed by atoms with Gasteiger partial charge in [-0.2, -0.15) is 5.10 Å². The summed E-state index contributed by atoms with van der Waals surface area (Å²) in [5, 5.41) is 7.38. The fraction of sp³-hybridized carbons (Fsp3) is 0.476. The Balaban J connectivity index is 1.62. The van der Waals surface area contributed by atoms with Gasteiger partial charge in [0, 0.05) is 31.0 Å². The number of benzene rings is 1. The van der Waals surface area contributed by atoms with Crippen molar-refractivity contribution in [2.45, 2.75) is 46.1 Å². The molecular weight excluding hydrogens is 420 g/mol. The van der Waals surface area contributed by atoms with Gasteiger partial charge in [0.1, 0.15) is 0 Å². The van der Waals surface area contributed by atoms with Crippen LogP contribution < -0.4 is 10.2 Å². The summed E-state index contributed by atoms with van der Waals surface area (Å²) in [6.45, 7) is 5.76. The van der Waals surface area contributed by atoms with Crippen molar-refractivity contribution in [1.82, 2.24) is 15.1 Å². The lowest BCUT2D eigenvalue weighted by Gasteiger charge is -2.32. The third-order valence-corrected chi connectivity index (χ3v) is 6.19. The van der Waals surface area contributed by atoms with Crippen LogP contribution in [0, 0.1) is 12.8 Å². The van der Waals surface area contributed by atoms with E-state index in [0.29, 0.717) is 18.0 Å². The number of aryl methyl sites for hydroxylation is 3. The van der Waals surface area contributed by atoms with E-state index in [4.69, 9.17) is 0 Å². The summed E-state index contributed by atoms with van der Waals surface area (Å²) in [6.07, 6.45) is 5.40. The van der Waals surface area contributed by atoms with Crippen LogP contribution in [0.15, 0.2) is 22.8 Å². The van der Waals surface area contributed by atoms with E-state index in [1.54, 1.807) is 6.20 Å². The number of halogens is 1. The van der Waals surface area contributed by atoms with Crippen molar-refractivity contribution in [3.05, 3.63) is 45.2 Å². The Kier molecular flexibility index (Phi) is 5.27. The van der Waals surface area contributed by atoms with E-state index >= 15 is 0 Å². The number of nitrogens with zero attached hydrogens (tertiary/aromatic N) is 3. The van der Waals surface area contributed by atoms with Crippen molar-refractivity contribution in [1.29, 1.82) is 0 Å². The van der Waals surface area contributed by atoms with Gasteiger partial charge >= 0.3 is 0 Å². The first-order chi connectivity index (χ1) is 13.4. The van der Waals surface area contributed by atoms with Gasteiger partial charge in [0.05, 0.1) is 23.1 Å². The fourth-order valence-electron chi connectivity index (χ4n) is 4.41. The summed E-state index contributed by atoms with van der Waals surface area (Å²) in [5.41, 5.74) is 5.07. The number of carbonyl (C=O) groups excluding carboxylic acids is 2. The number of amides is 2. The Hall–Kier alpha value is -2.15. The second-order valence-corrected chi connectivity index (χ2v) is 8.73. The molecule has 1 N–H and O–H groups in total. The Morgan fingerprint density at radius 1 is 1.32 bits per heavy atom. The molecule has 7 heteroatoms. The lowest BCUT2D eigenvalue weighted by molar-refractivity contribution is -0.119. The maximum Gasteiger partial charge on any atom is 0.261 e. The van der Waals surface area contributed by atoms with Crippen LogP contribution in [-0.4, -0.2) is 34.7 Å². The first kappa shape index (κ1) is 19.2. The number of fused-ring (bicyclic) bond motifs is 2. The number of nitrogens with one attached hydrogen (secondary N) is 1. The second-order valence-electron chi connectivity index (χ2n) is 7.81. The average Bonchev–Trinajstić information content (AvgIpc) is 3.08. The van der Waals surface area contributed by atoms with E-state index in [9.17, 15) is 9.59 Å². The zero-order valence-corrected chi connectivity index (χ0v) is 17.9. The normalized spacial score (nSPS) is 18.4. The molecule has 2 aromatic rings. The van der Waals surface area contributed by atoms with Crippen LogP contribution >= 0.6 is 15.9 Å². The van der Waals surface area contributed by atoms with Crippen LogP contribution in [0.5, 0.6) is 0 Å². The molecule has 1 aromatic carbocycles. The van der Waals surface area contributed by atoms with E-state index in [-0.39, 0.29) is 11.8 Å². The van der Waals surface area contributed by atoms with E-state index in [0.717, 1.165) is 60.2 Å². The van der Waals surface area contributed by atoms with E-state index in [2.05, 4.69) is 45.4 Å². The van der Waals surface area contributed by atoms with Gasteiger partial charge in [-0.1, -0.05) is 15.9 Å². The molecule has 0 bridgehead atoms. The molecule has 2 aliphatic rings. The van der Waals surface area contributed by atoms with Gasteiger partial charge in [0.15, 0.2) is 0 Å². The molecule has 0 spiro atoms. The summed E-state index contributed by atoms with van der Waals surface area (Å²) in [6, 6.07) is 4.19. The Morgan fingerprint density at radius 2 is 2.14 bits per heavy atom. The van der Waals surface area contributed by atoms with Crippen LogP contribution in [0.25, 0.3) is 0 Å². The third kappa shape index (κ3) is 3.60. The summed E-state index contributed by atoms with van der Waals surface area (Å²) in [5.74, 6) is 0.362. The maximum atomic E-state index is 13.5. The number of aromatic nitrogens is 2. The number of hydrogen-bond donors (Lipinski definition) is 1. The largest absolute Gasteiger partial charge is 0.356 e. The zero-order chi connectivity index (χ0) is 19.8. The minimum atomic E-state index is -0.0121. The lowest BCUT2D eigenvalue weighted by Crippen LogP contribution is -2.37. The predicted molar refractivity (Wildman–Crippen MR) is 112 cm³/mol. The third-order valence-electron chi connectivity index (χ3n) is 5.74. The van der Waals surface area contributed by atoms with Gasteiger partial charge in [-0.25, -0.2) is 0 Å². The Bertz CT molecular complexity index is 937. The van der Waals surface area contributed by atoms with E-state index in [1.807, 2.05) is 9.58 Å². The lowest BCUT2D eigenvalue weighted by atomic mass is 9.93. The Morgan fingerprint density at radius 3 is 2.93 bits per heavy atom. The quantitative estimate of drug-likeness (QED) is 0.789. The molecule has 2 amide bonds. The molecule has 28 heavy (non-hydrogen) atoms. The first-order valence-corrected chi connectivity index (χ1v) is 10.6. The fourth-order valence-corrected chi connectivity index (χ4v) is 5.03. The summed E-state index contributed by atoms with van der Waals surface area (Å²) < 4.78 is 3.01. The van der Waals surface area contributed by atoms with Crippen LogP contribution in [0.3, 0.4) is 0 Å². The molecule has 0 aliphatic carbocycles. The molecule has 0 saturated carbocycles. The van der Waals surface area contributed by atoms with Crippen molar-refractivity contribution >= 4 is 33.4 Å². The van der Waals surface area contributed by atoms with Crippen molar-refractivity contribution in [3.8, 4) is 0 Å². The molecule has 1 atom stereocenters. The van der Waals surface area contributed by atoms with Crippen molar-refractivity contribution in [2.24, 2.45) is 5.92 Å². The van der Waals surface area contributed by atoms with Gasteiger partial charge in [-0.15, -0.1) is 0 Å². The molecule has 6 nitrogen and oxygen atoms in total. The molecule has 0 saturated heterocycles. The molecule has 0 radical (unpaired) electrons.